The van der Waals surface area contributed by atoms with Crippen molar-refractivity contribution in [3.63, 3.8) is 0 Å². The van der Waals surface area contributed by atoms with Crippen LogP contribution in [0.25, 0.3) is 0 Å². The van der Waals surface area contributed by atoms with Crippen molar-refractivity contribution < 1.29 is 33.9 Å². The van der Waals surface area contributed by atoms with Crippen LogP contribution in [0.3, 0.4) is 0 Å². The first-order chi connectivity index (χ1) is 5.20. The van der Waals surface area contributed by atoms with Gasteiger partial charge in [0.1, 0.15) is 6.09 Å². The molecule has 0 aliphatic carbocycles. The summed E-state index contributed by atoms with van der Waals surface area (Å²) in [6, 6.07) is 0. The maximum Gasteiger partial charge on any atom is 0.235 e. The third kappa shape index (κ3) is 8.10. The minimum absolute atomic E-state index is 0. The molecule has 0 aromatic carbocycles. The van der Waals surface area contributed by atoms with Crippen molar-refractivity contribution in [2.24, 2.45) is 5.92 Å². The lowest BCUT2D eigenvalue weighted by Crippen LogP contribution is -3.00. The molecule has 1 unspecified atom stereocenters. The van der Waals surface area contributed by atoms with Crippen LogP contribution < -0.4 is 34.4 Å². The molecule has 0 aromatic heterocycles. The van der Waals surface area contributed by atoms with Crippen LogP contribution >= 0.6 is 0 Å². The second kappa shape index (κ2) is 9.09. The van der Waals surface area contributed by atoms with E-state index in [1.165, 1.54) is 0 Å². The number of nitrogens with one attached hydrogen (secondary N) is 1. The van der Waals surface area contributed by atoms with Crippen molar-refractivity contribution >= 4 is 6.09 Å². The van der Waals surface area contributed by atoms with E-state index in [1.54, 1.807) is 0 Å². The van der Waals surface area contributed by atoms with E-state index in [-0.39, 0.29) is 24.0 Å². The van der Waals surface area contributed by atoms with Gasteiger partial charge < -0.3 is 15.2 Å². The maximum atomic E-state index is 10.0. The molecule has 1 amide bonds. The predicted molar refractivity (Wildman–Crippen MR) is 44.9 cm³/mol. The third-order valence-electron chi connectivity index (χ3n) is 1.81. The molecular weight excluding hydrogens is 269 g/mol. The van der Waals surface area contributed by atoms with Gasteiger partial charge in [-0.05, 0) is 12.3 Å². The summed E-state index contributed by atoms with van der Waals surface area (Å²) in [5, 5.41) is 12.3. The molecule has 0 radical (unpaired) electrons. The number of carbonyl (C=O) groups excluding carboxylic acids is 1. The highest BCUT2D eigenvalue weighted by molar-refractivity contribution is 5.61. The topological polar surface area (TPSA) is 52.2 Å². The van der Waals surface area contributed by atoms with Crippen molar-refractivity contribution in [2.45, 2.75) is 33.1 Å². The molecule has 1 atom stereocenters. The molecule has 0 spiro atoms. The second-order valence-electron chi connectivity index (χ2n) is 2.73. The zero-order valence-corrected chi connectivity index (χ0v) is 10.2. The van der Waals surface area contributed by atoms with Crippen LogP contribution in [-0.2, 0) is 0 Å². The first-order valence-corrected chi connectivity index (χ1v) is 4.15. The molecule has 0 aromatic rings. The first kappa shape index (κ1) is 14.5. The van der Waals surface area contributed by atoms with E-state index in [9.17, 15) is 9.90 Å². The molecule has 3 nitrogen and oxygen atoms in total. The van der Waals surface area contributed by atoms with Gasteiger partial charge in [0.25, 0.3) is 0 Å². The summed E-state index contributed by atoms with van der Waals surface area (Å²) in [4.78, 5) is 10.0. The number of carboxylic acid groups (broad SMARTS) is 1. The second-order valence-corrected chi connectivity index (χ2v) is 2.73. The maximum absolute atomic E-state index is 10.0. The van der Waals surface area contributed by atoms with E-state index in [0.29, 0.717) is 12.5 Å². The molecule has 0 aliphatic heterocycles. The van der Waals surface area contributed by atoms with E-state index >= 15 is 0 Å². The molecule has 0 aliphatic rings. The van der Waals surface area contributed by atoms with Crippen molar-refractivity contribution in [3.8, 4) is 0 Å². The fourth-order valence-corrected chi connectivity index (χ4v) is 1.09. The molecule has 0 rings (SSSR count). The average Bonchev–Trinajstić information content (AvgIpc) is 1.97. The molecule has 74 valence electrons. The highest BCUT2D eigenvalue weighted by atomic mass is 127. The van der Waals surface area contributed by atoms with Crippen LogP contribution in [-0.4, -0.2) is 12.6 Å². The summed E-state index contributed by atoms with van der Waals surface area (Å²) in [6.45, 7) is 4.70. The Morgan fingerprint density at radius 1 is 1.50 bits per heavy atom. The Kier molecular flexibility index (Phi) is 11.0. The van der Waals surface area contributed by atoms with Gasteiger partial charge in [-0.15, -0.1) is 0 Å². The lowest BCUT2D eigenvalue weighted by atomic mass is 10.0. The lowest BCUT2D eigenvalue weighted by Gasteiger charge is -2.15. The van der Waals surface area contributed by atoms with Gasteiger partial charge in [0.2, 0.25) is 24.0 Å². The van der Waals surface area contributed by atoms with Gasteiger partial charge in [-0.1, -0.05) is 26.7 Å². The van der Waals surface area contributed by atoms with Gasteiger partial charge in [-0.25, -0.2) is 0 Å². The van der Waals surface area contributed by atoms with E-state index in [2.05, 4.69) is 19.2 Å². The Bertz CT molecular complexity index is 120. The number of hydrogen-bond acceptors (Lipinski definition) is 2. The zero-order chi connectivity index (χ0) is 8.69. The molecular formula is C8H18INO2. The summed E-state index contributed by atoms with van der Waals surface area (Å²) in [6.07, 6.45) is 2.04. The molecule has 12 heavy (non-hydrogen) atoms. The van der Waals surface area contributed by atoms with Crippen molar-refractivity contribution in [1.82, 2.24) is 5.32 Å². The molecule has 4 heteroatoms. The minimum atomic E-state index is -1.17. The van der Waals surface area contributed by atoms with Crippen LogP contribution in [0.15, 0.2) is 0 Å². The van der Waals surface area contributed by atoms with Crippen LogP contribution in [0, 0.1) is 5.92 Å². The standard InChI is InChI=1S/C8H17NO2.H2I/c1-3-5-7(4-2)6-9-8(10)11;/h7,9H,3-6H2,1-2H3,(H,10,11);1H2/q;+1/p-1. The number of rotatable bonds is 5. The Morgan fingerprint density at radius 3 is 2.42 bits per heavy atom. The summed E-state index contributed by atoms with van der Waals surface area (Å²) < 4.78 is 0. The van der Waals surface area contributed by atoms with Crippen molar-refractivity contribution in [1.29, 1.82) is 0 Å². The van der Waals surface area contributed by atoms with E-state index in [1.807, 2.05) is 0 Å². The smallest absolute Gasteiger partial charge is 0.235 e. The van der Waals surface area contributed by atoms with Crippen LogP contribution in [0.5, 0.6) is 0 Å². The van der Waals surface area contributed by atoms with Crippen molar-refractivity contribution in [3.05, 3.63) is 0 Å². The van der Waals surface area contributed by atoms with Crippen molar-refractivity contribution in [2.75, 3.05) is 6.54 Å². The van der Waals surface area contributed by atoms with Crippen LogP contribution in [0.4, 0.5) is 4.79 Å². The molecule has 0 fully saturated rings. The normalized spacial score (nSPS) is 11.5. The van der Waals surface area contributed by atoms with Gasteiger partial charge in [-0.3, -0.25) is 0 Å². The van der Waals surface area contributed by atoms with Crippen LogP contribution in [0.1, 0.15) is 33.1 Å². The Labute approximate surface area is 90.9 Å². The SMILES string of the molecule is CCCC(CC)CNC(=O)[O-].[IH2+]. The summed E-state index contributed by atoms with van der Waals surface area (Å²) in [5.41, 5.74) is 0. The Morgan fingerprint density at radius 2 is 2.08 bits per heavy atom. The highest BCUT2D eigenvalue weighted by Crippen LogP contribution is 2.08. The van der Waals surface area contributed by atoms with Gasteiger partial charge in [-0.2, -0.15) is 0 Å². The third-order valence-corrected chi connectivity index (χ3v) is 1.81. The largest absolute Gasteiger partial charge is 0.530 e. The van der Waals surface area contributed by atoms with Gasteiger partial charge in [0.05, 0.1) is 0 Å². The zero-order valence-electron chi connectivity index (χ0n) is 7.67. The van der Waals surface area contributed by atoms with E-state index in [0.717, 1.165) is 19.3 Å². The predicted octanol–water partition coefficient (Wildman–Crippen LogP) is -2.79. The fourth-order valence-electron chi connectivity index (χ4n) is 1.09. The molecule has 1 N–H and O–H groups in total. The molecule has 0 saturated heterocycles. The average molecular weight is 287 g/mol. The van der Waals surface area contributed by atoms with Crippen LogP contribution in [0.2, 0.25) is 0 Å². The van der Waals surface area contributed by atoms with Gasteiger partial charge in [0, 0.05) is 6.54 Å². The monoisotopic (exact) mass is 287 g/mol. The number of amides is 1. The number of halogens is 1. The first-order valence-electron chi connectivity index (χ1n) is 4.15. The molecule has 0 saturated carbocycles. The number of hydrogen-bond donors (Lipinski definition) is 1. The Balaban J connectivity index is 0. The van der Waals surface area contributed by atoms with E-state index < -0.39 is 6.09 Å². The summed E-state index contributed by atoms with van der Waals surface area (Å²) in [5.74, 6) is 0.470. The quantitative estimate of drug-likeness (QED) is 0.556. The highest BCUT2D eigenvalue weighted by Gasteiger charge is 2.02. The number of carbonyl (C=O) groups is 1. The molecule has 0 heterocycles. The summed E-state index contributed by atoms with van der Waals surface area (Å²) in [7, 11) is 0. The minimum Gasteiger partial charge on any atom is -0.530 e. The molecule has 0 bridgehead atoms. The van der Waals surface area contributed by atoms with Gasteiger partial charge >= 0.3 is 0 Å². The fraction of sp³-hybridized carbons (Fsp3) is 0.875. The van der Waals surface area contributed by atoms with E-state index in [4.69, 9.17) is 0 Å². The van der Waals surface area contributed by atoms with Gasteiger partial charge in [0.15, 0.2) is 0 Å². The summed E-state index contributed by atoms with van der Waals surface area (Å²) >= 11 is 0. The Hall–Kier alpha value is 0. The lowest BCUT2D eigenvalue weighted by molar-refractivity contribution is -0.250.